The molecule has 1 aromatic carbocycles. The lowest BCUT2D eigenvalue weighted by atomic mass is 10.0. The zero-order valence-corrected chi connectivity index (χ0v) is 8.80. The van der Waals surface area contributed by atoms with Crippen LogP contribution in [0.3, 0.4) is 0 Å². The summed E-state index contributed by atoms with van der Waals surface area (Å²) in [7, 11) is 0. The minimum atomic E-state index is 1.16. The molecule has 0 amide bonds. The highest BCUT2D eigenvalue weighted by Gasteiger charge is 1.93. The highest BCUT2D eigenvalue weighted by Crippen LogP contribution is 2.09. The van der Waals surface area contributed by atoms with Crippen molar-refractivity contribution in [1.29, 1.82) is 0 Å². The molecule has 0 N–H and O–H groups in total. The third-order valence-corrected chi connectivity index (χ3v) is 2.42. The molecule has 70 valence electrons. The molecule has 0 bridgehead atoms. The van der Waals surface area contributed by atoms with Crippen molar-refractivity contribution in [2.75, 3.05) is 0 Å². The quantitative estimate of drug-likeness (QED) is 0.610. The van der Waals surface area contributed by atoms with E-state index in [2.05, 4.69) is 51.1 Å². The molecule has 0 unspecified atom stereocenters. The molecule has 0 saturated carbocycles. The minimum absolute atomic E-state index is 1.16. The molecular weight excluding hydrogens is 156 g/mol. The summed E-state index contributed by atoms with van der Waals surface area (Å²) in [6.07, 6.45) is 4.53. The Morgan fingerprint density at radius 3 is 2.38 bits per heavy atom. The van der Waals surface area contributed by atoms with Gasteiger partial charge in [-0.1, -0.05) is 41.5 Å². The number of aryl methyl sites for hydroxylation is 2. The first-order chi connectivity index (χ1) is 6.22. The fourth-order valence-electron chi connectivity index (χ4n) is 1.24. The van der Waals surface area contributed by atoms with Crippen LogP contribution in [-0.4, -0.2) is 0 Å². The average Bonchev–Trinajstić information content (AvgIpc) is 2.16. The average molecular weight is 174 g/mol. The lowest BCUT2D eigenvalue weighted by Gasteiger charge is -2.01. The van der Waals surface area contributed by atoms with Crippen molar-refractivity contribution in [3.63, 3.8) is 0 Å². The van der Waals surface area contributed by atoms with Crippen molar-refractivity contribution in [3.8, 4) is 0 Å². The Kier molecular flexibility index (Phi) is 3.75. The normalized spacial score (nSPS) is 11.8. The molecule has 0 aliphatic carbocycles. The van der Waals surface area contributed by atoms with E-state index in [-0.39, 0.29) is 0 Å². The summed E-state index contributed by atoms with van der Waals surface area (Å²) in [5.74, 6) is 0. The summed E-state index contributed by atoms with van der Waals surface area (Å²) in [6.45, 7) is 6.42. The zero-order valence-electron chi connectivity index (χ0n) is 8.80. The van der Waals surface area contributed by atoms with Gasteiger partial charge in [-0.3, -0.25) is 0 Å². The maximum atomic E-state index is 2.22. The molecule has 0 aromatic heterocycles. The molecule has 0 nitrogen and oxygen atoms in total. The van der Waals surface area contributed by atoms with E-state index < -0.39 is 0 Å². The topological polar surface area (TPSA) is 0 Å². The van der Waals surface area contributed by atoms with Crippen LogP contribution in [0.4, 0.5) is 0 Å². The predicted octanol–water partition coefficient (Wildman–Crippen LogP) is 3.89. The van der Waals surface area contributed by atoms with Crippen molar-refractivity contribution in [3.05, 3.63) is 47.0 Å². The first-order valence-electron chi connectivity index (χ1n) is 4.89. The Hall–Kier alpha value is -1.04. The molecule has 0 fully saturated rings. The van der Waals surface area contributed by atoms with Crippen molar-refractivity contribution >= 4 is 0 Å². The number of benzene rings is 1. The summed E-state index contributed by atoms with van der Waals surface area (Å²) < 4.78 is 0. The Morgan fingerprint density at radius 1 is 1.23 bits per heavy atom. The maximum Gasteiger partial charge on any atom is -0.0242 e. The van der Waals surface area contributed by atoms with E-state index >= 15 is 0 Å². The van der Waals surface area contributed by atoms with Crippen LogP contribution < -0.4 is 0 Å². The molecule has 0 saturated heterocycles. The van der Waals surface area contributed by atoms with Gasteiger partial charge in [0.2, 0.25) is 0 Å². The lowest BCUT2D eigenvalue weighted by molar-refractivity contribution is 0.937. The fourth-order valence-corrected chi connectivity index (χ4v) is 1.24. The van der Waals surface area contributed by atoms with Crippen molar-refractivity contribution < 1.29 is 0 Å². The molecule has 0 heterocycles. The summed E-state index contributed by atoms with van der Waals surface area (Å²) in [6, 6.07) is 8.80. The minimum Gasteiger partial charge on any atom is -0.0887 e. The summed E-state index contributed by atoms with van der Waals surface area (Å²) >= 11 is 0. The molecule has 1 aromatic rings. The van der Waals surface area contributed by atoms with Crippen LogP contribution in [0.15, 0.2) is 35.9 Å². The van der Waals surface area contributed by atoms with Gasteiger partial charge in [0.25, 0.3) is 0 Å². The van der Waals surface area contributed by atoms with Crippen LogP contribution in [0.25, 0.3) is 0 Å². The standard InChI is InChI=1S/C13H18/c1-4-11(2)5-8-13-9-6-12(3)7-10-13/h4,6-7,9-10H,5,8H2,1-3H3/b11-4+. The van der Waals surface area contributed by atoms with Crippen LogP contribution in [0.2, 0.25) is 0 Å². The Bertz CT molecular complexity index is 277. The Balaban J connectivity index is 2.51. The number of rotatable bonds is 3. The Labute approximate surface area is 81.3 Å². The third kappa shape index (κ3) is 3.45. The summed E-state index contributed by atoms with van der Waals surface area (Å²) in [5.41, 5.74) is 4.25. The maximum absolute atomic E-state index is 2.22. The first kappa shape index (κ1) is 10.0. The number of allylic oxidation sites excluding steroid dienone is 2. The summed E-state index contributed by atoms with van der Waals surface area (Å²) in [4.78, 5) is 0. The Morgan fingerprint density at radius 2 is 1.85 bits per heavy atom. The van der Waals surface area contributed by atoms with Gasteiger partial charge in [0, 0.05) is 0 Å². The second kappa shape index (κ2) is 4.86. The van der Waals surface area contributed by atoms with Gasteiger partial charge in [-0.05, 0) is 39.2 Å². The van der Waals surface area contributed by atoms with Gasteiger partial charge >= 0.3 is 0 Å². The van der Waals surface area contributed by atoms with Crippen LogP contribution in [-0.2, 0) is 6.42 Å². The largest absolute Gasteiger partial charge is 0.0887 e. The molecule has 0 radical (unpaired) electrons. The highest BCUT2D eigenvalue weighted by molar-refractivity contribution is 5.22. The van der Waals surface area contributed by atoms with E-state index in [4.69, 9.17) is 0 Å². The second-order valence-electron chi connectivity index (χ2n) is 3.62. The molecule has 1 rings (SSSR count). The molecule has 0 atom stereocenters. The van der Waals surface area contributed by atoms with Gasteiger partial charge in [0.15, 0.2) is 0 Å². The van der Waals surface area contributed by atoms with Crippen LogP contribution in [0.5, 0.6) is 0 Å². The molecular formula is C13H18. The van der Waals surface area contributed by atoms with Crippen LogP contribution >= 0.6 is 0 Å². The molecule has 0 spiro atoms. The monoisotopic (exact) mass is 174 g/mol. The summed E-state index contributed by atoms with van der Waals surface area (Å²) in [5, 5.41) is 0. The van der Waals surface area contributed by atoms with Crippen LogP contribution in [0, 0.1) is 6.92 Å². The van der Waals surface area contributed by atoms with E-state index in [1.165, 1.54) is 23.1 Å². The van der Waals surface area contributed by atoms with Crippen LogP contribution in [0.1, 0.15) is 31.4 Å². The predicted molar refractivity (Wildman–Crippen MR) is 58.9 cm³/mol. The molecule has 0 aliphatic rings. The molecule has 13 heavy (non-hydrogen) atoms. The SMILES string of the molecule is C/C=C(\C)CCc1ccc(C)cc1. The third-order valence-electron chi connectivity index (χ3n) is 2.42. The molecule has 0 heteroatoms. The first-order valence-corrected chi connectivity index (χ1v) is 4.89. The van der Waals surface area contributed by atoms with Crippen molar-refractivity contribution in [2.45, 2.75) is 33.6 Å². The second-order valence-corrected chi connectivity index (χ2v) is 3.62. The zero-order chi connectivity index (χ0) is 9.68. The number of hydrogen-bond acceptors (Lipinski definition) is 0. The van der Waals surface area contributed by atoms with E-state index in [0.717, 1.165) is 6.42 Å². The van der Waals surface area contributed by atoms with Crippen molar-refractivity contribution in [1.82, 2.24) is 0 Å². The van der Waals surface area contributed by atoms with E-state index in [0.29, 0.717) is 0 Å². The number of hydrogen-bond donors (Lipinski definition) is 0. The van der Waals surface area contributed by atoms with Gasteiger partial charge in [0.05, 0.1) is 0 Å². The lowest BCUT2D eigenvalue weighted by Crippen LogP contribution is -1.86. The fraction of sp³-hybridized carbons (Fsp3) is 0.385. The highest BCUT2D eigenvalue weighted by atomic mass is 14.0. The van der Waals surface area contributed by atoms with E-state index in [1.807, 2.05) is 0 Å². The van der Waals surface area contributed by atoms with Gasteiger partial charge in [-0.15, -0.1) is 0 Å². The van der Waals surface area contributed by atoms with Gasteiger partial charge in [-0.25, -0.2) is 0 Å². The van der Waals surface area contributed by atoms with Gasteiger partial charge in [-0.2, -0.15) is 0 Å². The van der Waals surface area contributed by atoms with Gasteiger partial charge in [0.1, 0.15) is 0 Å². The molecule has 0 aliphatic heterocycles. The van der Waals surface area contributed by atoms with Crippen molar-refractivity contribution in [2.24, 2.45) is 0 Å². The van der Waals surface area contributed by atoms with E-state index in [9.17, 15) is 0 Å². The van der Waals surface area contributed by atoms with Gasteiger partial charge < -0.3 is 0 Å². The van der Waals surface area contributed by atoms with E-state index in [1.54, 1.807) is 0 Å². The smallest absolute Gasteiger partial charge is 0.0242 e.